The van der Waals surface area contributed by atoms with E-state index in [1.807, 2.05) is 53.1 Å². The molecule has 0 radical (unpaired) electrons. The summed E-state index contributed by atoms with van der Waals surface area (Å²) in [6.07, 6.45) is 2.04. The molecule has 0 spiro atoms. The van der Waals surface area contributed by atoms with Crippen molar-refractivity contribution in [2.75, 3.05) is 51.3 Å². The molecule has 0 amide bonds. The Bertz CT molecular complexity index is 1500. The van der Waals surface area contributed by atoms with E-state index >= 15 is 0 Å². The van der Waals surface area contributed by atoms with Gasteiger partial charge in [0.25, 0.3) is 6.01 Å². The van der Waals surface area contributed by atoms with Crippen molar-refractivity contribution < 1.29 is 38.0 Å². The van der Waals surface area contributed by atoms with E-state index in [0.29, 0.717) is 65.4 Å². The Morgan fingerprint density at radius 2 is 1.57 bits per heavy atom. The van der Waals surface area contributed by atoms with Gasteiger partial charge in [0, 0.05) is 29.8 Å². The smallest absolute Gasteiger partial charge is 0.334 e. The highest BCUT2D eigenvalue weighted by molar-refractivity contribution is 5.87. The average molecular weight is 579 g/mol. The van der Waals surface area contributed by atoms with Crippen LogP contribution < -0.4 is 28.7 Å². The molecule has 12 heteroatoms. The SMILES string of the molecule is COc1ccc(CN(Cc2ccc(OC)cc2OC)c2nc3cncc(N4C[C@@H](C)O[C@@H](C(=O)O)C4)c3o2)c(OC)c1. The van der Waals surface area contributed by atoms with Crippen LogP contribution in [0.3, 0.4) is 0 Å². The normalized spacial score (nSPS) is 16.7. The van der Waals surface area contributed by atoms with Crippen LogP contribution in [0, 0.1) is 0 Å². The van der Waals surface area contributed by atoms with E-state index in [9.17, 15) is 9.90 Å². The minimum Gasteiger partial charge on any atom is -0.497 e. The molecule has 1 fully saturated rings. The fourth-order valence-electron chi connectivity index (χ4n) is 5.04. The fourth-order valence-corrected chi connectivity index (χ4v) is 5.04. The van der Waals surface area contributed by atoms with Crippen molar-refractivity contribution in [1.29, 1.82) is 0 Å². The molecular formula is C30H34N4O8. The molecule has 42 heavy (non-hydrogen) atoms. The molecule has 5 rings (SSSR count). The number of methoxy groups -OCH3 is 4. The van der Waals surface area contributed by atoms with Crippen LogP contribution in [0.15, 0.2) is 53.2 Å². The van der Waals surface area contributed by atoms with Crippen molar-refractivity contribution in [3.8, 4) is 23.0 Å². The number of anilines is 2. The Balaban J connectivity index is 1.56. The number of carbonyl (C=O) groups is 1. The van der Waals surface area contributed by atoms with Gasteiger partial charge in [-0.1, -0.05) is 0 Å². The molecule has 222 valence electrons. The molecule has 2 atom stereocenters. The number of hydrogen-bond donors (Lipinski definition) is 1. The summed E-state index contributed by atoms with van der Waals surface area (Å²) in [4.78, 5) is 24.8. The third kappa shape index (κ3) is 5.98. The van der Waals surface area contributed by atoms with Gasteiger partial charge >= 0.3 is 5.97 Å². The molecule has 1 N–H and O–H groups in total. The maximum absolute atomic E-state index is 11.7. The highest BCUT2D eigenvalue weighted by Gasteiger charge is 2.32. The Kier molecular flexibility index (Phi) is 8.53. The highest BCUT2D eigenvalue weighted by Crippen LogP contribution is 2.35. The maximum atomic E-state index is 11.7. The Morgan fingerprint density at radius 3 is 2.12 bits per heavy atom. The molecule has 2 aromatic carbocycles. The van der Waals surface area contributed by atoms with E-state index in [1.165, 1.54) is 0 Å². The lowest BCUT2D eigenvalue weighted by molar-refractivity contribution is -0.154. The summed E-state index contributed by atoms with van der Waals surface area (Å²) >= 11 is 0. The molecule has 1 saturated heterocycles. The van der Waals surface area contributed by atoms with Gasteiger partial charge in [0.1, 0.15) is 34.2 Å². The molecule has 0 saturated carbocycles. The molecule has 0 aliphatic carbocycles. The van der Waals surface area contributed by atoms with Crippen molar-refractivity contribution in [3.63, 3.8) is 0 Å². The Morgan fingerprint density at radius 1 is 0.952 bits per heavy atom. The summed E-state index contributed by atoms with van der Waals surface area (Å²) < 4.78 is 34.1. The summed E-state index contributed by atoms with van der Waals surface area (Å²) in [6, 6.07) is 11.6. The van der Waals surface area contributed by atoms with Crippen LogP contribution in [0.5, 0.6) is 23.0 Å². The average Bonchev–Trinajstić information content (AvgIpc) is 3.45. The van der Waals surface area contributed by atoms with Gasteiger partial charge in [-0.25, -0.2) is 4.79 Å². The lowest BCUT2D eigenvalue weighted by Gasteiger charge is -2.36. The van der Waals surface area contributed by atoms with Gasteiger partial charge in [-0.2, -0.15) is 4.98 Å². The molecule has 2 aromatic heterocycles. The second-order valence-electron chi connectivity index (χ2n) is 9.89. The second kappa shape index (κ2) is 12.4. The van der Waals surface area contributed by atoms with E-state index in [-0.39, 0.29) is 12.6 Å². The number of nitrogens with zero attached hydrogens (tertiary/aromatic N) is 4. The van der Waals surface area contributed by atoms with Gasteiger partial charge in [0.2, 0.25) is 0 Å². The van der Waals surface area contributed by atoms with E-state index in [1.54, 1.807) is 40.8 Å². The lowest BCUT2D eigenvalue weighted by Crippen LogP contribution is -2.49. The van der Waals surface area contributed by atoms with Crippen LogP contribution in [0.4, 0.5) is 11.7 Å². The molecular weight excluding hydrogens is 544 g/mol. The second-order valence-corrected chi connectivity index (χ2v) is 9.89. The van der Waals surface area contributed by atoms with E-state index in [0.717, 1.165) is 11.1 Å². The number of carboxylic acid groups (broad SMARTS) is 1. The summed E-state index contributed by atoms with van der Waals surface area (Å²) in [5.74, 6) is 1.65. The van der Waals surface area contributed by atoms with Gasteiger partial charge in [-0.15, -0.1) is 0 Å². The third-order valence-corrected chi connectivity index (χ3v) is 7.13. The van der Waals surface area contributed by atoms with Crippen molar-refractivity contribution in [3.05, 3.63) is 59.9 Å². The first-order valence-electron chi connectivity index (χ1n) is 13.4. The fraction of sp³-hybridized carbons (Fsp3) is 0.367. The molecule has 4 aromatic rings. The summed E-state index contributed by atoms with van der Waals surface area (Å²) in [7, 11) is 6.43. The first-order chi connectivity index (χ1) is 20.3. The first-order valence-corrected chi connectivity index (χ1v) is 13.4. The minimum absolute atomic E-state index is 0.159. The summed E-state index contributed by atoms with van der Waals surface area (Å²) in [6.45, 7) is 3.25. The van der Waals surface area contributed by atoms with Gasteiger partial charge in [-0.3, -0.25) is 4.98 Å². The molecule has 1 aliphatic rings. The third-order valence-electron chi connectivity index (χ3n) is 7.13. The highest BCUT2D eigenvalue weighted by atomic mass is 16.5. The van der Waals surface area contributed by atoms with Crippen LogP contribution in [-0.2, 0) is 22.6 Å². The lowest BCUT2D eigenvalue weighted by atomic mass is 10.1. The molecule has 0 unspecified atom stereocenters. The number of benzene rings is 2. The number of morpholine rings is 1. The largest absolute Gasteiger partial charge is 0.497 e. The minimum atomic E-state index is -1.02. The van der Waals surface area contributed by atoms with Crippen LogP contribution >= 0.6 is 0 Å². The molecule has 1 aliphatic heterocycles. The summed E-state index contributed by atoms with van der Waals surface area (Å²) in [5.41, 5.74) is 3.47. The number of oxazole rings is 1. The van der Waals surface area contributed by atoms with Gasteiger partial charge in [0.05, 0.1) is 66.6 Å². The van der Waals surface area contributed by atoms with Crippen molar-refractivity contribution in [2.45, 2.75) is 32.2 Å². The van der Waals surface area contributed by atoms with Crippen LogP contribution in [0.2, 0.25) is 0 Å². The van der Waals surface area contributed by atoms with E-state index in [2.05, 4.69) is 4.98 Å². The number of aromatic nitrogens is 2. The van der Waals surface area contributed by atoms with E-state index in [4.69, 9.17) is 33.1 Å². The van der Waals surface area contributed by atoms with Crippen LogP contribution in [0.1, 0.15) is 18.1 Å². The maximum Gasteiger partial charge on any atom is 0.334 e. The summed E-state index contributed by atoms with van der Waals surface area (Å²) in [5, 5.41) is 9.60. The quantitative estimate of drug-likeness (QED) is 0.275. The number of ether oxygens (including phenoxy) is 5. The topological polar surface area (TPSA) is 129 Å². The number of fused-ring (bicyclic) bond motifs is 1. The number of rotatable bonds is 11. The number of aliphatic carboxylic acids is 1. The van der Waals surface area contributed by atoms with Crippen LogP contribution in [0.25, 0.3) is 11.1 Å². The first kappa shape index (κ1) is 28.8. The van der Waals surface area contributed by atoms with Gasteiger partial charge < -0.3 is 43.0 Å². The number of carboxylic acids is 1. The van der Waals surface area contributed by atoms with Gasteiger partial charge in [-0.05, 0) is 31.2 Å². The Hall–Kier alpha value is -4.71. The van der Waals surface area contributed by atoms with Crippen molar-refractivity contribution >= 4 is 28.8 Å². The van der Waals surface area contributed by atoms with Crippen molar-refractivity contribution in [2.24, 2.45) is 0 Å². The molecule has 12 nitrogen and oxygen atoms in total. The zero-order chi connectivity index (χ0) is 29.8. The standard InChI is InChI=1S/C30H34N4O8/c1-18-14-33(17-27(41-18)29(35)36)24-13-31-12-23-28(24)42-30(32-23)34(15-19-6-8-21(37-2)10-25(19)39-4)16-20-7-9-22(38-3)11-26(20)40-5/h6-13,18,27H,14-17H2,1-5H3,(H,35,36)/t18-,27-/m1/s1. The predicted molar refractivity (Wildman–Crippen MR) is 155 cm³/mol. The zero-order valence-corrected chi connectivity index (χ0v) is 24.2. The molecule has 3 heterocycles. The number of hydrogen-bond acceptors (Lipinski definition) is 11. The predicted octanol–water partition coefficient (Wildman–Crippen LogP) is 4.14. The number of pyridine rings is 1. The zero-order valence-electron chi connectivity index (χ0n) is 24.2. The Labute approximate surface area is 243 Å². The van der Waals surface area contributed by atoms with Crippen molar-refractivity contribution in [1.82, 2.24) is 9.97 Å². The van der Waals surface area contributed by atoms with Gasteiger partial charge in [0.15, 0.2) is 11.7 Å². The monoisotopic (exact) mass is 578 g/mol. The van der Waals surface area contributed by atoms with Crippen LogP contribution in [-0.4, -0.2) is 74.8 Å². The molecule has 0 bridgehead atoms. The van der Waals surface area contributed by atoms with E-state index < -0.39 is 12.1 Å².